The number of nitrogens with two attached hydrogens (primary N) is 1. The molecule has 0 unspecified atom stereocenters. The van der Waals surface area contributed by atoms with Crippen molar-refractivity contribution in [2.24, 2.45) is 5.73 Å². The summed E-state index contributed by atoms with van der Waals surface area (Å²) < 4.78 is 5.10. The predicted molar refractivity (Wildman–Crippen MR) is 71.9 cm³/mol. The van der Waals surface area contributed by atoms with Gasteiger partial charge in [-0.05, 0) is 31.0 Å². The summed E-state index contributed by atoms with van der Waals surface area (Å²) in [5.74, 6) is -0.894. The standard InChI is InChI=1S/C14H21NO4/c1-3-4-7-19-13(18)14(2,15)9-10-5-6-11(16)12(17)8-10/h5-6,8,16-17H,3-4,7,9,15H2,1-2H3/t14-/m0/s1. The largest absolute Gasteiger partial charge is 0.504 e. The molecule has 0 saturated carbocycles. The Kier molecular flexibility index (Phi) is 5.18. The van der Waals surface area contributed by atoms with Crippen LogP contribution in [-0.2, 0) is 16.0 Å². The van der Waals surface area contributed by atoms with Gasteiger partial charge in [0.05, 0.1) is 6.61 Å². The zero-order chi connectivity index (χ0) is 14.5. The van der Waals surface area contributed by atoms with E-state index in [0.717, 1.165) is 12.8 Å². The van der Waals surface area contributed by atoms with Gasteiger partial charge in [0, 0.05) is 6.42 Å². The van der Waals surface area contributed by atoms with Crippen molar-refractivity contribution in [3.8, 4) is 11.5 Å². The highest BCUT2D eigenvalue weighted by molar-refractivity contribution is 5.80. The van der Waals surface area contributed by atoms with Crippen molar-refractivity contribution in [2.75, 3.05) is 6.61 Å². The van der Waals surface area contributed by atoms with E-state index in [1.165, 1.54) is 12.1 Å². The van der Waals surface area contributed by atoms with Gasteiger partial charge in [-0.25, -0.2) is 0 Å². The van der Waals surface area contributed by atoms with E-state index in [1.807, 2.05) is 6.92 Å². The van der Waals surface area contributed by atoms with Crippen LogP contribution in [-0.4, -0.2) is 28.3 Å². The fourth-order valence-electron chi connectivity index (χ4n) is 1.65. The lowest BCUT2D eigenvalue weighted by Gasteiger charge is -2.22. The van der Waals surface area contributed by atoms with Gasteiger partial charge in [-0.3, -0.25) is 4.79 Å². The molecule has 1 atom stereocenters. The lowest BCUT2D eigenvalue weighted by molar-refractivity contribution is -0.149. The minimum Gasteiger partial charge on any atom is -0.504 e. The van der Waals surface area contributed by atoms with Gasteiger partial charge >= 0.3 is 5.97 Å². The van der Waals surface area contributed by atoms with Gasteiger partial charge in [-0.15, -0.1) is 0 Å². The second kappa shape index (κ2) is 6.43. The van der Waals surface area contributed by atoms with Crippen LogP contribution in [0.3, 0.4) is 0 Å². The van der Waals surface area contributed by atoms with Crippen molar-refractivity contribution in [1.82, 2.24) is 0 Å². The maximum atomic E-state index is 11.8. The first-order chi connectivity index (χ1) is 8.86. The fourth-order valence-corrected chi connectivity index (χ4v) is 1.65. The number of aromatic hydroxyl groups is 2. The predicted octanol–water partition coefficient (Wildman–Crippen LogP) is 1.70. The minimum atomic E-state index is -1.16. The zero-order valence-corrected chi connectivity index (χ0v) is 11.3. The summed E-state index contributed by atoms with van der Waals surface area (Å²) in [5.41, 5.74) is 5.45. The summed E-state index contributed by atoms with van der Waals surface area (Å²) in [5, 5.41) is 18.6. The molecule has 106 valence electrons. The van der Waals surface area contributed by atoms with Crippen molar-refractivity contribution in [2.45, 2.75) is 38.6 Å². The van der Waals surface area contributed by atoms with Crippen LogP contribution in [0.4, 0.5) is 0 Å². The molecular weight excluding hydrogens is 246 g/mol. The first-order valence-electron chi connectivity index (χ1n) is 6.34. The van der Waals surface area contributed by atoms with Gasteiger partial charge < -0.3 is 20.7 Å². The molecule has 0 aromatic heterocycles. The zero-order valence-electron chi connectivity index (χ0n) is 11.3. The first kappa shape index (κ1) is 15.3. The van der Waals surface area contributed by atoms with E-state index in [4.69, 9.17) is 10.5 Å². The Balaban J connectivity index is 2.67. The van der Waals surface area contributed by atoms with Crippen molar-refractivity contribution >= 4 is 5.97 Å². The van der Waals surface area contributed by atoms with Gasteiger partial charge in [0.25, 0.3) is 0 Å². The molecule has 0 bridgehead atoms. The van der Waals surface area contributed by atoms with Crippen molar-refractivity contribution in [3.63, 3.8) is 0 Å². The summed E-state index contributed by atoms with van der Waals surface area (Å²) in [6, 6.07) is 4.36. The van der Waals surface area contributed by atoms with Gasteiger partial charge in [0.1, 0.15) is 5.54 Å². The quantitative estimate of drug-likeness (QED) is 0.414. The highest BCUT2D eigenvalue weighted by atomic mass is 16.5. The van der Waals surface area contributed by atoms with Gasteiger partial charge in [0.2, 0.25) is 0 Å². The van der Waals surface area contributed by atoms with Crippen molar-refractivity contribution in [3.05, 3.63) is 23.8 Å². The Bertz CT molecular complexity index is 443. The molecule has 0 aliphatic rings. The molecule has 1 aromatic carbocycles. The van der Waals surface area contributed by atoms with Crippen LogP contribution in [0, 0.1) is 0 Å². The SMILES string of the molecule is CCCCOC(=O)[C@@](C)(N)Cc1ccc(O)c(O)c1. The molecule has 4 N–H and O–H groups in total. The summed E-state index contributed by atoms with van der Waals surface area (Å²) in [6.07, 6.45) is 1.98. The normalized spacial score (nSPS) is 13.8. The van der Waals surface area contributed by atoms with Gasteiger partial charge in [-0.1, -0.05) is 19.4 Å². The maximum Gasteiger partial charge on any atom is 0.326 e. The summed E-state index contributed by atoms with van der Waals surface area (Å²) >= 11 is 0. The number of benzene rings is 1. The van der Waals surface area contributed by atoms with E-state index in [-0.39, 0.29) is 17.9 Å². The Morgan fingerprint density at radius 1 is 1.37 bits per heavy atom. The first-order valence-corrected chi connectivity index (χ1v) is 6.34. The van der Waals surface area contributed by atoms with Crippen LogP contribution in [0.2, 0.25) is 0 Å². The Morgan fingerprint density at radius 2 is 2.05 bits per heavy atom. The summed E-state index contributed by atoms with van der Waals surface area (Å²) in [7, 11) is 0. The number of rotatable bonds is 6. The summed E-state index contributed by atoms with van der Waals surface area (Å²) in [6.45, 7) is 3.96. The minimum absolute atomic E-state index is 0.201. The highest BCUT2D eigenvalue weighted by Gasteiger charge is 2.30. The van der Waals surface area contributed by atoms with Crippen LogP contribution in [0.15, 0.2) is 18.2 Å². The van der Waals surface area contributed by atoms with Crippen LogP contribution >= 0.6 is 0 Å². The van der Waals surface area contributed by atoms with E-state index in [1.54, 1.807) is 13.0 Å². The smallest absolute Gasteiger partial charge is 0.326 e. The topological polar surface area (TPSA) is 92.8 Å². The molecule has 0 saturated heterocycles. The van der Waals surface area contributed by atoms with E-state index in [2.05, 4.69) is 0 Å². The number of unbranched alkanes of at least 4 members (excludes halogenated alkanes) is 1. The molecule has 0 aliphatic heterocycles. The molecule has 0 aliphatic carbocycles. The molecule has 19 heavy (non-hydrogen) atoms. The van der Waals surface area contributed by atoms with Crippen molar-refractivity contribution in [1.29, 1.82) is 0 Å². The molecule has 1 rings (SSSR count). The maximum absolute atomic E-state index is 11.8. The second-order valence-electron chi connectivity index (χ2n) is 4.91. The van der Waals surface area contributed by atoms with Crippen molar-refractivity contribution < 1.29 is 19.7 Å². The highest BCUT2D eigenvalue weighted by Crippen LogP contribution is 2.26. The Labute approximate surface area is 113 Å². The molecule has 5 heteroatoms. The van der Waals surface area contributed by atoms with Crippen LogP contribution in [0.1, 0.15) is 32.3 Å². The Hall–Kier alpha value is -1.75. The number of ether oxygens (including phenoxy) is 1. The third kappa shape index (κ3) is 4.44. The number of hydrogen-bond donors (Lipinski definition) is 3. The van der Waals surface area contributed by atoms with Crippen LogP contribution < -0.4 is 5.73 Å². The third-order valence-corrected chi connectivity index (χ3v) is 2.81. The lowest BCUT2D eigenvalue weighted by atomic mass is 9.94. The average Bonchev–Trinajstić information content (AvgIpc) is 2.33. The molecule has 0 radical (unpaired) electrons. The summed E-state index contributed by atoms with van der Waals surface area (Å²) in [4.78, 5) is 11.8. The van der Waals surface area contributed by atoms with E-state index < -0.39 is 11.5 Å². The number of phenols is 2. The lowest BCUT2D eigenvalue weighted by Crippen LogP contribution is -2.48. The molecule has 1 aromatic rings. The number of carbonyl (C=O) groups is 1. The van der Waals surface area contributed by atoms with E-state index in [9.17, 15) is 15.0 Å². The second-order valence-corrected chi connectivity index (χ2v) is 4.91. The molecule has 0 fully saturated rings. The molecule has 0 amide bonds. The third-order valence-electron chi connectivity index (χ3n) is 2.81. The number of phenolic OH excluding ortho intramolecular Hbond substituents is 2. The van der Waals surface area contributed by atoms with E-state index >= 15 is 0 Å². The molecular formula is C14H21NO4. The molecule has 5 nitrogen and oxygen atoms in total. The van der Waals surface area contributed by atoms with Crippen LogP contribution in [0.5, 0.6) is 11.5 Å². The average molecular weight is 267 g/mol. The van der Waals surface area contributed by atoms with Crippen LogP contribution in [0.25, 0.3) is 0 Å². The monoisotopic (exact) mass is 267 g/mol. The van der Waals surface area contributed by atoms with Gasteiger partial charge in [0.15, 0.2) is 11.5 Å². The number of carbonyl (C=O) groups excluding carboxylic acids is 1. The number of esters is 1. The Morgan fingerprint density at radius 3 is 2.63 bits per heavy atom. The molecule has 0 heterocycles. The van der Waals surface area contributed by atoms with E-state index in [0.29, 0.717) is 12.2 Å². The number of hydrogen-bond acceptors (Lipinski definition) is 5. The fraction of sp³-hybridized carbons (Fsp3) is 0.500. The van der Waals surface area contributed by atoms with Gasteiger partial charge in [-0.2, -0.15) is 0 Å². The molecule has 0 spiro atoms.